The maximum Gasteiger partial charge on any atom is 0.339 e. The van der Waals surface area contributed by atoms with E-state index in [1.165, 1.54) is 11.6 Å². The first-order valence-corrected chi connectivity index (χ1v) is 10.8. The molecule has 6 heteroatoms. The van der Waals surface area contributed by atoms with E-state index in [0.717, 1.165) is 24.8 Å². The molecule has 0 spiro atoms. The molecule has 1 atom stereocenters. The molecule has 3 aromatic carbocycles. The van der Waals surface area contributed by atoms with Crippen LogP contribution in [-0.4, -0.2) is 24.3 Å². The summed E-state index contributed by atoms with van der Waals surface area (Å²) in [5.74, 6) is -1.42. The summed E-state index contributed by atoms with van der Waals surface area (Å²) in [6.07, 6.45) is 2.83. The second-order valence-corrected chi connectivity index (χ2v) is 8.11. The van der Waals surface area contributed by atoms with Crippen molar-refractivity contribution < 1.29 is 19.1 Å². The first-order chi connectivity index (χ1) is 15.5. The maximum absolute atomic E-state index is 12.9. The van der Waals surface area contributed by atoms with Crippen LogP contribution in [-0.2, 0) is 16.0 Å². The number of halogens is 1. The van der Waals surface area contributed by atoms with Gasteiger partial charge in [-0.1, -0.05) is 54.1 Å². The summed E-state index contributed by atoms with van der Waals surface area (Å²) in [5, 5.41) is 3.47. The molecule has 0 fully saturated rings. The van der Waals surface area contributed by atoms with E-state index in [4.69, 9.17) is 16.3 Å². The number of ether oxygens (including phenoxy) is 1. The van der Waals surface area contributed by atoms with Gasteiger partial charge in [0.2, 0.25) is 0 Å². The fraction of sp³-hybridized carbons (Fsp3) is 0.192. The topological polar surface area (TPSA) is 72.5 Å². The number of fused-ring (bicyclic) bond motifs is 1. The number of rotatable bonds is 6. The molecule has 32 heavy (non-hydrogen) atoms. The highest BCUT2D eigenvalue weighted by atomic mass is 35.5. The third-order valence-corrected chi connectivity index (χ3v) is 5.79. The van der Waals surface area contributed by atoms with Crippen molar-refractivity contribution in [3.63, 3.8) is 0 Å². The molecule has 0 heterocycles. The van der Waals surface area contributed by atoms with E-state index in [0.29, 0.717) is 10.6 Å². The number of hydrogen-bond acceptors (Lipinski definition) is 4. The van der Waals surface area contributed by atoms with Crippen LogP contribution < -0.4 is 5.32 Å². The zero-order valence-corrected chi connectivity index (χ0v) is 18.1. The Morgan fingerprint density at radius 3 is 2.38 bits per heavy atom. The summed E-state index contributed by atoms with van der Waals surface area (Å²) in [5.41, 5.74) is 3.07. The molecule has 1 N–H and O–H groups in total. The normalized spacial score (nSPS) is 14.8. The fourth-order valence-corrected chi connectivity index (χ4v) is 4.09. The Morgan fingerprint density at radius 1 is 0.906 bits per heavy atom. The number of esters is 1. The van der Waals surface area contributed by atoms with Crippen molar-refractivity contribution in [2.45, 2.75) is 25.3 Å². The van der Waals surface area contributed by atoms with Crippen LogP contribution in [0.25, 0.3) is 0 Å². The van der Waals surface area contributed by atoms with E-state index >= 15 is 0 Å². The van der Waals surface area contributed by atoms with Crippen LogP contribution in [0.15, 0.2) is 72.8 Å². The van der Waals surface area contributed by atoms with Crippen LogP contribution in [0.1, 0.15) is 56.3 Å². The van der Waals surface area contributed by atoms with Gasteiger partial charge in [-0.15, -0.1) is 0 Å². The van der Waals surface area contributed by atoms with Gasteiger partial charge in [-0.3, -0.25) is 9.59 Å². The highest BCUT2D eigenvalue weighted by molar-refractivity contribution is 6.30. The lowest BCUT2D eigenvalue weighted by atomic mass is 9.88. The predicted molar refractivity (Wildman–Crippen MR) is 122 cm³/mol. The Morgan fingerprint density at radius 2 is 1.59 bits per heavy atom. The van der Waals surface area contributed by atoms with Crippen LogP contribution in [0.2, 0.25) is 5.02 Å². The average Bonchev–Trinajstić information content (AvgIpc) is 2.83. The number of carbonyl (C=O) groups is 3. The number of ketones is 1. The van der Waals surface area contributed by atoms with E-state index in [9.17, 15) is 14.4 Å². The molecule has 0 radical (unpaired) electrons. The summed E-state index contributed by atoms with van der Waals surface area (Å²) in [6, 6.07) is 20.8. The van der Waals surface area contributed by atoms with Gasteiger partial charge < -0.3 is 10.1 Å². The molecule has 1 amide bonds. The summed E-state index contributed by atoms with van der Waals surface area (Å²) in [7, 11) is 0. The van der Waals surface area contributed by atoms with Gasteiger partial charge in [-0.25, -0.2) is 4.79 Å². The lowest BCUT2D eigenvalue weighted by Gasteiger charge is -2.26. The van der Waals surface area contributed by atoms with Crippen molar-refractivity contribution in [2.24, 2.45) is 0 Å². The van der Waals surface area contributed by atoms with Gasteiger partial charge in [0, 0.05) is 16.1 Å². The molecule has 0 saturated heterocycles. The number of nitrogens with one attached hydrogen (secondary N) is 1. The summed E-state index contributed by atoms with van der Waals surface area (Å²) in [6.45, 7) is -0.416. The Labute approximate surface area is 191 Å². The molecule has 3 aromatic rings. The number of aryl methyl sites for hydroxylation is 1. The zero-order chi connectivity index (χ0) is 22.5. The molecule has 1 aliphatic rings. The number of amides is 1. The van der Waals surface area contributed by atoms with Crippen molar-refractivity contribution >= 4 is 29.3 Å². The van der Waals surface area contributed by atoms with Crippen molar-refractivity contribution in [1.29, 1.82) is 0 Å². The van der Waals surface area contributed by atoms with Crippen molar-refractivity contribution in [1.82, 2.24) is 5.32 Å². The Hall–Kier alpha value is -3.44. The fourth-order valence-electron chi connectivity index (χ4n) is 3.96. The van der Waals surface area contributed by atoms with E-state index < -0.39 is 12.6 Å². The first kappa shape index (κ1) is 21.8. The second kappa shape index (κ2) is 9.79. The Bertz CT molecular complexity index is 1160. The molecular weight excluding hydrogens is 426 g/mol. The number of hydrogen-bond donors (Lipinski definition) is 1. The van der Waals surface area contributed by atoms with E-state index in [1.807, 2.05) is 18.2 Å². The third kappa shape index (κ3) is 4.89. The van der Waals surface area contributed by atoms with Crippen LogP contribution >= 0.6 is 11.6 Å². The van der Waals surface area contributed by atoms with E-state index in [2.05, 4.69) is 11.4 Å². The lowest BCUT2D eigenvalue weighted by molar-refractivity contribution is -0.125. The van der Waals surface area contributed by atoms with Gasteiger partial charge >= 0.3 is 5.97 Å². The van der Waals surface area contributed by atoms with E-state index in [-0.39, 0.29) is 28.9 Å². The maximum atomic E-state index is 12.9. The van der Waals surface area contributed by atoms with Gasteiger partial charge in [-0.2, -0.15) is 0 Å². The molecule has 0 saturated carbocycles. The summed E-state index contributed by atoms with van der Waals surface area (Å²) >= 11 is 5.89. The highest BCUT2D eigenvalue weighted by Crippen LogP contribution is 2.29. The number of benzene rings is 3. The van der Waals surface area contributed by atoms with Gasteiger partial charge in [0.1, 0.15) is 0 Å². The SMILES string of the molecule is O=C(COC(=O)c1ccccc1C(=O)c1ccc(Cl)cc1)N[C@H]1CCCc2ccccc21. The highest BCUT2D eigenvalue weighted by Gasteiger charge is 2.23. The molecular formula is C26H22ClNO4. The molecule has 162 valence electrons. The minimum absolute atomic E-state index is 0.0927. The Kier molecular flexibility index (Phi) is 6.66. The van der Waals surface area contributed by atoms with E-state index in [1.54, 1.807) is 42.5 Å². The number of carbonyl (C=O) groups excluding carboxylic acids is 3. The standard InChI is InChI=1S/C26H22ClNO4/c27-19-14-12-18(13-15-19)25(30)21-9-3-4-10-22(21)26(31)32-16-24(29)28-23-11-5-7-17-6-1-2-8-20(17)23/h1-4,6,8-10,12-15,23H,5,7,11,16H2,(H,28,29)/t23-/m0/s1. The van der Waals surface area contributed by atoms with Crippen molar-refractivity contribution in [2.75, 3.05) is 6.61 Å². The molecule has 0 aliphatic heterocycles. The average molecular weight is 448 g/mol. The zero-order valence-electron chi connectivity index (χ0n) is 17.3. The predicted octanol–water partition coefficient (Wildman–Crippen LogP) is 4.92. The molecule has 0 unspecified atom stereocenters. The smallest absolute Gasteiger partial charge is 0.339 e. The second-order valence-electron chi connectivity index (χ2n) is 7.67. The van der Waals surface area contributed by atoms with Gasteiger partial charge in [-0.05, 0) is 60.7 Å². The van der Waals surface area contributed by atoms with Crippen LogP contribution in [0.3, 0.4) is 0 Å². The van der Waals surface area contributed by atoms with Crippen LogP contribution in [0.5, 0.6) is 0 Å². The van der Waals surface area contributed by atoms with Crippen molar-refractivity contribution in [3.05, 3.63) is 106 Å². The molecule has 5 nitrogen and oxygen atoms in total. The summed E-state index contributed by atoms with van der Waals surface area (Å²) in [4.78, 5) is 38.0. The van der Waals surface area contributed by atoms with Gasteiger partial charge in [0.15, 0.2) is 12.4 Å². The van der Waals surface area contributed by atoms with Crippen LogP contribution in [0, 0.1) is 0 Å². The van der Waals surface area contributed by atoms with Gasteiger partial charge in [0.25, 0.3) is 5.91 Å². The third-order valence-electron chi connectivity index (χ3n) is 5.54. The van der Waals surface area contributed by atoms with Crippen LogP contribution in [0.4, 0.5) is 0 Å². The van der Waals surface area contributed by atoms with Gasteiger partial charge in [0.05, 0.1) is 11.6 Å². The summed E-state index contributed by atoms with van der Waals surface area (Å²) < 4.78 is 5.24. The first-order valence-electron chi connectivity index (χ1n) is 10.5. The Balaban J connectivity index is 1.41. The molecule has 0 bridgehead atoms. The quantitative estimate of drug-likeness (QED) is 0.430. The van der Waals surface area contributed by atoms with Crippen molar-refractivity contribution in [3.8, 4) is 0 Å². The lowest BCUT2D eigenvalue weighted by Crippen LogP contribution is -2.34. The monoisotopic (exact) mass is 447 g/mol. The largest absolute Gasteiger partial charge is 0.452 e. The minimum atomic E-state index is -0.720. The minimum Gasteiger partial charge on any atom is -0.452 e. The molecule has 4 rings (SSSR count). The molecule has 1 aliphatic carbocycles. The molecule has 0 aromatic heterocycles.